The van der Waals surface area contributed by atoms with Gasteiger partial charge in [0.05, 0.1) is 0 Å². The summed E-state index contributed by atoms with van der Waals surface area (Å²) >= 11 is 0. The molecule has 2 heterocycles. The molecule has 2 saturated heterocycles. The standard InChI is InChI=1S/C17H14O3/c1-16-14(19-16)17(20-15(16)18,12-8-4-2-5-9-12)13-10-6-3-7-11-13/h2-11,14H,1H3/t14-,16+/m0/s1. The molecule has 3 heteroatoms. The fourth-order valence-corrected chi connectivity index (χ4v) is 3.10. The molecule has 0 bridgehead atoms. The van der Waals surface area contributed by atoms with Gasteiger partial charge in [0.25, 0.3) is 0 Å². The van der Waals surface area contributed by atoms with Gasteiger partial charge in [0, 0.05) is 11.1 Å². The maximum absolute atomic E-state index is 12.2. The number of carbonyl (C=O) groups excluding carboxylic acids is 1. The van der Waals surface area contributed by atoms with Crippen LogP contribution in [0.5, 0.6) is 0 Å². The largest absolute Gasteiger partial charge is 0.444 e. The van der Waals surface area contributed by atoms with Crippen LogP contribution in [0.15, 0.2) is 60.7 Å². The van der Waals surface area contributed by atoms with E-state index in [1.165, 1.54) is 0 Å². The van der Waals surface area contributed by atoms with Crippen LogP contribution >= 0.6 is 0 Å². The predicted molar refractivity (Wildman–Crippen MR) is 73.0 cm³/mol. The molecule has 0 spiro atoms. The number of carbonyl (C=O) groups is 1. The van der Waals surface area contributed by atoms with E-state index in [2.05, 4.69) is 0 Å². The van der Waals surface area contributed by atoms with Gasteiger partial charge < -0.3 is 9.47 Å². The van der Waals surface area contributed by atoms with Gasteiger partial charge in [-0.3, -0.25) is 0 Å². The molecule has 2 aromatic rings. The number of esters is 1. The molecule has 0 unspecified atom stereocenters. The SMILES string of the molecule is C[C@@]12O[C@@H]1C(c1ccccc1)(c1ccccc1)OC2=O. The molecule has 2 atom stereocenters. The van der Waals surface area contributed by atoms with Crippen LogP contribution in [0.4, 0.5) is 0 Å². The molecule has 2 fully saturated rings. The summed E-state index contributed by atoms with van der Waals surface area (Å²) in [5.74, 6) is -0.282. The lowest BCUT2D eigenvalue weighted by Crippen LogP contribution is -2.34. The monoisotopic (exact) mass is 266 g/mol. The molecule has 0 aromatic heterocycles. The van der Waals surface area contributed by atoms with Crippen molar-refractivity contribution in [3.63, 3.8) is 0 Å². The minimum atomic E-state index is -0.825. The molecule has 2 aliphatic heterocycles. The van der Waals surface area contributed by atoms with Crippen LogP contribution in [0.1, 0.15) is 18.1 Å². The number of hydrogen-bond donors (Lipinski definition) is 0. The maximum Gasteiger partial charge on any atom is 0.342 e. The summed E-state index contributed by atoms with van der Waals surface area (Å²) in [6, 6.07) is 19.6. The normalized spacial score (nSPS) is 29.6. The van der Waals surface area contributed by atoms with E-state index in [9.17, 15) is 4.79 Å². The van der Waals surface area contributed by atoms with Crippen LogP contribution in [0.2, 0.25) is 0 Å². The van der Waals surface area contributed by atoms with Crippen molar-refractivity contribution in [1.29, 1.82) is 0 Å². The lowest BCUT2D eigenvalue weighted by molar-refractivity contribution is -0.160. The summed E-state index contributed by atoms with van der Waals surface area (Å²) in [5.41, 5.74) is 0.275. The van der Waals surface area contributed by atoms with Crippen LogP contribution < -0.4 is 0 Å². The molecule has 100 valence electrons. The van der Waals surface area contributed by atoms with Gasteiger partial charge in [-0.25, -0.2) is 4.79 Å². The van der Waals surface area contributed by atoms with Crippen LogP contribution in [-0.2, 0) is 19.9 Å². The van der Waals surface area contributed by atoms with E-state index in [-0.39, 0.29) is 12.1 Å². The van der Waals surface area contributed by atoms with Crippen molar-refractivity contribution in [2.24, 2.45) is 0 Å². The van der Waals surface area contributed by atoms with Crippen LogP contribution in [-0.4, -0.2) is 17.7 Å². The van der Waals surface area contributed by atoms with Gasteiger partial charge in [-0.1, -0.05) is 60.7 Å². The molecule has 2 aromatic carbocycles. The minimum absolute atomic E-state index is 0.257. The number of rotatable bonds is 2. The lowest BCUT2D eigenvalue weighted by atomic mass is 9.81. The summed E-state index contributed by atoms with van der Waals surface area (Å²) in [6.45, 7) is 1.80. The predicted octanol–water partition coefficient (Wildman–Crippen LogP) is 2.64. The fraction of sp³-hybridized carbons (Fsp3) is 0.235. The maximum atomic E-state index is 12.2. The summed E-state index contributed by atoms with van der Waals surface area (Å²) in [5, 5.41) is 0. The summed E-state index contributed by atoms with van der Waals surface area (Å²) in [6.07, 6.45) is -0.257. The van der Waals surface area contributed by atoms with Gasteiger partial charge in [-0.05, 0) is 6.92 Å². The number of benzene rings is 2. The Morgan fingerprint density at radius 3 is 1.75 bits per heavy atom. The number of ether oxygens (including phenoxy) is 2. The first-order valence-corrected chi connectivity index (χ1v) is 6.70. The van der Waals surface area contributed by atoms with Crippen LogP contribution in [0.25, 0.3) is 0 Å². The van der Waals surface area contributed by atoms with E-state index in [1.54, 1.807) is 6.92 Å². The highest BCUT2D eigenvalue weighted by Crippen LogP contribution is 2.59. The Morgan fingerprint density at radius 1 is 0.900 bits per heavy atom. The van der Waals surface area contributed by atoms with Gasteiger partial charge in [-0.2, -0.15) is 0 Å². The first-order chi connectivity index (χ1) is 9.68. The Labute approximate surface area is 117 Å². The fourth-order valence-electron chi connectivity index (χ4n) is 3.10. The van der Waals surface area contributed by atoms with Crippen molar-refractivity contribution in [2.75, 3.05) is 0 Å². The van der Waals surface area contributed by atoms with Crippen molar-refractivity contribution >= 4 is 5.97 Å². The van der Waals surface area contributed by atoms with Crippen molar-refractivity contribution in [3.05, 3.63) is 71.8 Å². The first kappa shape index (κ1) is 11.7. The zero-order chi connectivity index (χ0) is 13.8. The molecule has 0 aliphatic carbocycles. The van der Waals surface area contributed by atoms with Crippen LogP contribution in [0, 0.1) is 0 Å². The molecule has 4 rings (SSSR count). The third kappa shape index (κ3) is 1.30. The molecule has 0 radical (unpaired) electrons. The van der Waals surface area contributed by atoms with Gasteiger partial charge in [0.2, 0.25) is 0 Å². The molecular formula is C17H14O3. The van der Waals surface area contributed by atoms with Crippen LogP contribution in [0.3, 0.4) is 0 Å². The Morgan fingerprint density at radius 2 is 1.40 bits per heavy atom. The number of fused-ring (bicyclic) bond motifs is 1. The molecular weight excluding hydrogens is 252 g/mol. The van der Waals surface area contributed by atoms with E-state index in [0.29, 0.717) is 0 Å². The molecule has 0 saturated carbocycles. The highest BCUT2D eigenvalue weighted by atomic mass is 16.7. The van der Waals surface area contributed by atoms with Crippen molar-refractivity contribution in [3.8, 4) is 0 Å². The highest BCUT2D eigenvalue weighted by molar-refractivity contribution is 5.88. The van der Waals surface area contributed by atoms with Gasteiger partial charge in [0.1, 0.15) is 6.10 Å². The van der Waals surface area contributed by atoms with Gasteiger partial charge in [0.15, 0.2) is 11.2 Å². The zero-order valence-electron chi connectivity index (χ0n) is 11.1. The molecule has 0 amide bonds. The van der Waals surface area contributed by atoms with Gasteiger partial charge in [-0.15, -0.1) is 0 Å². The highest BCUT2D eigenvalue weighted by Gasteiger charge is 2.77. The third-order valence-corrected chi connectivity index (χ3v) is 4.24. The smallest absolute Gasteiger partial charge is 0.342 e. The number of cyclic esters (lactones) is 1. The van der Waals surface area contributed by atoms with Gasteiger partial charge >= 0.3 is 5.97 Å². The lowest BCUT2D eigenvalue weighted by Gasteiger charge is -2.30. The second kappa shape index (κ2) is 3.70. The minimum Gasteiger partial charge on any atom is -0.444 e. The second-order valence-electron chi connectivity index (χ2n) is 5.46. The topological polar surface area (TPSA) is 38.8 Å². The summed E-state index contributed by atoms with van der Waals surface area (Å²) in [4.78, 5) is 12.2. The Balaban J connectivity index is 1.94. The first-order valence-electron chi connectivity index (χ1n) is 6.70. The van der Waals surface area contributed by atoms with E-state index in [0.717, 1.165) is 11.1 Å². The summed E-state index contributed by atoms with van der Waals surface area (Å²) < 4.78 is 11.5. The number of hydrogen-bond acceptors (Lipinski definition) is 3. The Bertz CT molecular complexity index is 626. The molecule has 2 aliphatic rings. The van der Waals surface area contributed by atoms with E-state index in [4.69, 9.17) is 9.47 Å². The Kier molecular flexibility index (Phi) is 2.16. The quantitative estimate of drug-likeness (QED) is 0.619. The molecule has 0 N–H and O–H groups in total. The second-order valence-corrected chi connectivity index (χ2v) is 5.46. The molecule has 20 heavy (non-hydrogen) atoms. The zero-order valence-corrected chi connectivity index (χ0v) is 11.1. The average Bonchev–Trinajstić information content (AvgIpc) is 3.15. The Hall–Kier alpha value is -2.13. The van der Waals surface area contributed by atoms with Crippen molar-refractivity contribution < 1.29 is 14.3 Å². The summed E-state index contributed by atoms with van der Waals surface area (Å²) in [7, 11) is 0. The third-order valence-electron chi connectivity index (χ3n) is 4.24. The van der Waals surface area contributed by atoms with Crippen molar-refractivity contribution in [2.45, 2.75) is 24.2 Å². The van der Waals surface area contributed by atoms with E-state index >= 15 is 0 Å². The van der Waals surface area contributed by atoms with Crippen molar-refractivity contribution in [1.82, 2.24) is 0 Å². The number of epoxide rings is 1. The van der Waals surface area contributed by atoms with E-state index in [1.807, 2.05) is 60.7 Å². The average molecular weight is 266 g/mol. The molecule has 3 nitrogen and oxygen atoms in total. The van der Waals surface area contributed by atoms with E-state index < -0.39 is 11.2 Å².